The summed E-state index contributed by atoms with van der Waals surface area (Å²) in [5, 5.41) is 0. The van der Waals surface area contributed by atoms with Crippen LogP contribution in [0.2, 0.25) is 0 Å². The van der Waals surface area contributed by atoms with Gasteiger partial charge in [-0.2, -0.15) is 0 Å². The van der Waals surface area contributed by atoms with Gasteiger partial charge in [0.25, 0.3) is 0 Å². The normalized spacial score (nSPS) is 34.0. The molecule has 0 saturated heterocycles. The van der Waals surface area contributed by atoms with Crippen LogP contribution >= 0.6 is 0 Å². The molecule has 4 aliphatic carbocycles. The number of hydrogen-bond donors (Lipinski definition) is 0. The predicted molar refractivity (Wildman–Crippen MR) is 93.7 cm³/mol. The van der Waals surface area contributed by atoms with Crippen molar-refractivity contribution < 1.29 is 9.18 Å². The third-order valence-corrected chi connectivity index (χ3v) is 6.40. The first kappa shape index (κ1) is 15.9. The van der Waals surface area contributed by atoms with Crippen LogP contribution in [-0.2, 0) is 4.79 Å². The maximum atomic E-state index is 12.9. The molecule has 0 aliphatic heterocycles. The van der Waals surface area contributed by atoms with Gasteiger partial charge in [-0.1, -0.05) is 12.1 Å². The molecule has 1 amide bonds. The smallest absolute Gasteiger partial charge is 0.246 e. The number of nitrogens with zero attached hydrogens (tertiary/aromatic N) is 1. The van der Waals surface area contributed by atoms with Crippen LogP contribution in [0.5, 0.6) is 0 Å². The number of halogens is 1. The lowest BCUT2D eigenvalue weighted by molar-refractivity contribution is -0.130. The molecule has 2 nitrogen and oxygen atoms in total. The highest BCUT2D eigenvalue weighted by Crippen LogP contribution is 2.60. The molecule has 4 fully saturated rings. The molecule has 0 radical (unpaired) electrons. The molecular formula is C21H26FNO. The second-order valence-electron chi connectivity index (χ2n) is 8.50. The van der Waals surface area contributed by atoms with Gasteiger partial charge < -0.3 is 4.90 Å². The van der Waals surface area contributed by atoms with Crippen LogP contribution in [0.15, 0.2) is 30.3 Å². The molecule has 0 heterocycles. The summed E-state index contributed by atoms with van der Waals surface area (Å²) in [7, 11) is 1.93. The molecule has 4 bridgehead atoms. The van der Waals surface area contributed by atoms with Crippen molar-refractivity contribution in [2.75, 3.05) is 13.6 Å². The molecule has 0 spiro atoms. The number of amides is 1. The molecule has 128 valence electrons. The lowest BCUT2D eigenvalue weighted by Crippen LogP contribution is -2.51. The van der Waals surface area contributed by atoms with Crippen LogP contribution in [0.3, 0.4) is 0 Å². The highest BCUT2D eigenvalue weighted by Gasteiger charge is 2.51. The van der Waals surface area contributed by atoms with Crippen molar-refractivity contribution >= 4 is 12.0 Å². The summed E-state index contributed by atoms with van der Waals surface area (Å²) in [5.41, 5.74) is 1.23. The third kappa shape index (κ3) is 3.13. The van der Waals surface area contributed by atoms with Crippen LogP contribution in [-0.4, -0.2) is 24.4 Å². The van der Waals surface area contributed by atoms with Crippen molar-refractivity contribution in [3.8, 4) is 0 Å². The van der Waals surface area contributed by atoms with E-state index < -0.39 is 0 Å². The average Bonchev–Trinajstić information content (AvgIpc) is 2.52. The van der Waals surface area contributed by atoms with E-state index in [0.717, 1.165) is 29.9 Å². The molecule has 1 aromatic rings. The minimum Gasteiger partial charge on any atom is -0.342 e. The van der Waals surface area contributed by atoms with Crippen LogP contribution in [0.25, 0.3) is 6.08 Å². The first-order valence-electron chi connectivity index (χ1n) is 9.20. The van der Waals surface area contributed by atoms with Crippen molar-refractivity contribution in [3.05, 3.63) is 41.7 Å². The zero-order chi connectivity index (χ0) is 16.7. The summed E-state index contributed by atoms with van der Waals surface area (Å²) in [6, 6.07) is 6.23. The second-order valence-corrected chi connectivity index (χ2v) is 8.50. The molecule has 5 rings (SSSR count). The Morgan fingerprint density at radius 3 is 2.21 bits per heavy atom. The molecule has 3 heteroatoms. The third-order valence-electron chi connectivity index (χ3n) is 6.40. The Bertz CT molecular complexity index is 613. The van der Waals surface area contributed by atoms with Gasteiger partial charge >= 0.3 is 0 Å². The highest BCUT2D eigenvalue weighted by atomic mass is 19.1. The number of likely N-dealkylation sites (N-methyl/N-ethyl adjacent to an activating group) is 1. The number of carbonyl (C=O) groups is 1. The molecular weight excluding hydrogens is 301 g/mol. The van der Waals surface area contributed by atoms with Crippen molar-refractivity contribution in [1.29, 1.82) is 0 Å². The topological polar surface area (TPSA) is 20.3 Å². The number of benzene rings is 1. The molecule has 1 aromatic carbocycles. The molecule has 24 heavy (non-hydrogen) atoms. The first-order chi connectivity index (χ1) is 11.5. The number of hydrogen-bond acceptors (Lipinski definition) is 1. The fourth-order valence-corrected chi connectivity index (χ4v) is 5.93. The fraction of sp³-hybridized carbons (Fsp3) is 0.571. The minimum atomic E-state index is -0.252. The van der Waals surface area contributed by atoms with Gasteiger partial charge in [-0.05, 0) is 85.5 Å². The highest BCUT2D eigenvalue weighted by molar-refractivity contribution is 5.91. The zero-order valence-electron chi connectivity index (χ0n) is 14.4. The summed E-state index contributed by atoms with van der Waals surface area (Å²) in [5.74, 6) is 2.53. The molecule has 0 aromatic heterocycles. The van der Waals surface area contributed by atoms with Crippen LogP contribution < -0.4 is 0 Å². The van der Waals surface area contributed by atoms with Gasteiger partial charge in [0.15, 0.2) is 0 Å². The summed E-state index contributed by atoms with van der Waals surface area (Å²) < 4.78 is 12.9. The predicted octanol–water partition coefficient (Wildman–Crippen LogP) is 4.51. The fourth-order valence-electron chi connectivity index (χ4n) is 5.93. The molecule has 0 unspecified atom stereocenters. The lowest BCUT2D eigenvalue weighted by atomic mass is 9.49. The minimum absolute atomic E-state index is 0.0510. The van der Waals surface area contributed by atoms with Crippen molar-refractivity contribution in [2.24, 2.45) is 23.2 Å². The maximum absolute atomic E-state index is 12.9. The molecule has 0 atom stereocenters. The standard InChI is InChI=1S/C21H26FNO/c1-23(20(24)7-4-15-2-5-19(22)6-3-15)14-21-11-16-8-17(12-21)10-18(9-16)13-21/h2-7,16-18H,8-14H2,1H3. The zero-order valence-corrected chi connectivity index (χ0v) is 14.4. The maximum Gasteiger partial charge on any atom is 0.246 e. The Morgan fingerprint density at radius 1 is 1.12 bits per heavy atom. The van der Waals surface area contributed by atoms with E-state index in [1.165, 1.54) is 50.7 Å². The van der Waals surface area contributed by atoms with E-state index in [-0.39, 0.29) is 11.7 Å². The quantitative estimate of drug-likeness (QED) is 0.745. The van der Waals surface area contributed by atoms with Gasteiger partial charge in [0.05, 0.1) is 0 Å². The largest absolute Gasteiger partial charge is 0.342 e. The monoisotopic (exact) mass is 327 g/mol. The number of rotatable bonds is 4. The van der Waals surface area contributed by atoms with E-state index in [0.29, 0.717) is 5.41 Å². The summed E-state index contributed by atoms with van der Waals surface area (Å²) >= 11 is 0. The average molecular weight is 327 g/mol. The summed E-state index contributed by atoms with van der Waals surface area (Å²) in [6.07, 6.45) is 11.6. The lowest BCUT2D eigenvalue weighted by Gasteiger charge is -2.57. The van der Waals surface area contributed by atoms with Crippen LogP contribution in [0, 0.1) is 29.0 Å². The summed E-state index contributed by atoms with van der Waals surface area (Å²) in [4.78, 5) is 14.4. The van der Waals surface area contributed by atoms with E-state index >= 15 is 0 Å². The van der Waals surface area contributed by atoms with Crippen molar-refractivity contribution in [1.82, 2.24) is 4.90 Å². The van der Waals surface area contributed by atoms with Gasteiger partial charge in [-0.15, -0.1) is 0 Å². The van der Waals surface area contributed by atoms with E-state index in [2.05, 4.69) is 0 Å². The SMILES string of the molecule is CN(CC12CC3CC(CC(C3)C1)C2)C(=O)C=Cc1ccc(F)cc1. The van der Waals surface area contributed by atoms with E-state index in [1.807, 2.05) is 11.9 Å². The molecule has 4 aliphatic rings. The van der Waals surface area contributed by atoms with Gasteiger partial charge in [-0.3, -0.25) is 4.79 Å². The second kappa shape index (κ2) is 6.02. The van der Waals surface area contributed by atoms with E-state index in [4.69, 9.17) is 0 Å². The van der Waals surface area contributed by atoms with Gasteiger partial charge in [-0.25, -0.2) is 4.39 Å². The van der Waals surface area contributed by atoms with Gasteiger partial charge in [0.2, 0.25) is 5.91 Å². The van der Waals surface area contributed by atoms with Crippen molar-refractivity contribution in [2.45, 2.75) is 38.5 Å². The number of carbonyl (C=O) groups excluding carboxylic acids is 1. The van der Waals surface area contributed by atoms with E-state index in [9.17, 15) is 9.18 Å². The Kier molecular flexibility index (Phi) is 3.98. The van der Waals surface area contributed by atoms with Gasteiger partial charge in [0, 0.05) is 19.7 Å². The Morgan fingerprint density at radius 2 is 1.67 bits per heavy atom. The Balaban J connectivity index is 1.39. The van der Waals surface area contributed by atoms with E-state index in [1.54, 1.807) is 24.3 Å². The molecule has 4 saturated carbocycles. The Hall–Kier alpha value is -1.64. The van der Waals surface area contributed by atoms with Crippen LogP contribution in [0.1, 0.15) is 44.1 Å². The van der Waals surface area contributed by atoms with Gasteiger partial charge in [0.1, 0.15) is 5.82 Å². The Labute approximate surface area is 143 Å². The van der Waals surface area contributed by atoms with Crippen molar-refractivity contribution in [3.63, 3.8) is 0 Å². The first-order valence-corrected chi connectivity index (χ1v) is 9.20. The molecule has 0 N–H and O–H groups in total. The summed E-state index contributed by atoms with van der Waals surface area (Å²) in [6.45, 7) is 0.892. The van der Waals surface area contributed by atoms with Crippen LogP contribution in [0.4, 0.5) is 4.39 Å².